The quantitative estimate of drug-likeness (QED) is 0.915. The number of carbonyl (C=O) groups is 1. The molecule has 0 radical (unpaired) electrons. The number of nitrogens with zero attached hydrogens (tertiary/aromatic N) is 2. The summed E-state index contributed by atoms with van der Waals surface area (Å²) in [5.74, 6) is -0.814. The van der Waals surface area contributed by atoms with E-state index in [9.17, 15) is 10.1 Å². The molecule has 0 unspecified atom stereocenters. The van der Waals surface area contributed by atoms with Gasteiger partial charge >= 0.3 is 0 Å². The van der Waals surface area contributed by atoms with Gasteiger partial charge in [-0.15, -0.1) is 0 Å². The van der Waals surface area contributed by atoms with E-state index in [2.05, 4.69) is 5.32 Å². The van der Waals surface area contributed by atoms with E-state index in [4.69, 9.17) is 14.7 Å². The van der Waals surface area contributed by atoms with Gasteiger partial charge < -0.3 is 14.8 Å². The number of anilines is 1. The molecule has 26 heavy (non-hydrogen) atoms. The molecule has 1 heterocycles. The van der Waals surface area contributed by atoms with Gasteiger partial charge in [0.15, 0.2) is 11.5 Å². The van der Waals surface area contributed by atoms with Gasteiger partial charge in [0.2, 0.25) is 11.7 Å². The molecular weight excluding hydrogens is 330 g/mol. The summed E-state index contributed by atoms with van der Waals surface area (Å²) >= 11 is 0. The van der Waals surface area contributed by atoms with E-state index in [1.165, 1.54) is 0 Å². The second kappa shape index (κ2) is 6.78. The number of carbonyl (C=O) groups excluding carboxylic acids is 1. The minimum absolute atomic E-state index is 0.269. The molecule has 2 aromatic carbocycles. The summed E-state index contributed by atoms with van der Waals surface area (Å²) in [6.45, 7) is 3.60. The van der Waals surface area contributed by atoms with E-state index in [0.717, 1.165) is 5.56 Å². The Bertz CT molecular complexity index is 921. The van der Waals surface area contributed by atoms with Crippen LogP contribution >= 0.6 is 0 Å². The Morgan fingerprint density at radius 3 is 2.46 bits per heavy atom. The van der Waals surface area contributed by atoms with Crippen LogP contribution in [0.5, 0.6) is 11.5 Å². The molecule has 130 valence electrons. The molecule has 0 saturated carbocycles. The number of nitriles is 2. The average Bonchev–Trinajstić information content (AvgIpc) is 2.93. The van der Waals surface area contributed by atoms with Crippen LogP contribution < -0.4 is 14.8 Å². The largest absolute Gasteiger partial charge is 0.449 e. The zero-order valence-corrected chi connectivity index (χ0v) is 14.4. The predicted octanol–water partition coefficient (Wildman–Crippen LogP) is 3.39. The standard InChI is InChI=1S/C20H17N3O3/c1-20(2)25-17-8-7-16(10-18(17)26-20)23-19(24)15(12-22)9-13-3-5-14(11-21)6-4-13/h3-8,10,15H,9H2,1-2H3,(H,23,24)/t15-/m0/s1. The second-order valence-corrected chi connectivity index (χ2v) is 6.45. The van der Waals surface area contributed by atoms with Gasteiger partial charge in [-0.25, -0.2) is 0 Å². The Labute approximate surface area is 151 Å². The first-order valence-corrected chi connectivity index (χ1v) is 8.12. The molecule has 6 heteroatoms. The molecule has 1 aliphatic rings. The van der Waals surface area contributed by atoms with Gasteiger partial charge in [-0.3, -0.25) is 4.79 Å². The zero-order valence-electron chi connectivity index (χ0n) is 14.4. The average molecular weight is 347 g/mol. The van der Waals surface area contributed by atoms with Gasteiger partial charge in [-0.05, 0) is 36.2 Å². The number of amides is 1. The Balaban J connectivity index is 1.68. The third-order valence-corrected chi connectivity index (χ3v) is 3.92. The number of rotatable bonds is 4. The van der Waals surface area contributed by atoms with Gasteiger partial charge in [0, 0.05) is 25.6 Å². The molecule has 1 N–H and O–H groups in total. The van der Waals surface area contributed by atoms with Crippen LogP contribution in [-0.4, -0.2) is 11.7 Å². The zero-order chi connectivity index (χ0) is 18.7. The number of fused-ring (bicyclic) bond motifs is 1. The van der Waals surface area contributed by atoms with Crippen LogP contribution in [0.3, 0.4) is 0 Å². The van der Waals surface area contributed by atoms with Crippen molar-refractivity contribution in [2.45, 2.75) is 26.1 Å². The van der Waals surface area contributed by atoms with Gasteiger partial charge in [0.1, 0.15) is 5.92 Å². The van der Waals surface area contributed by atoms with Crippen LogP contribution in [0, 0.1) is 28.6 Å². The van der Waals surface area contributed by atoms with E-state index in [1.807, 2.05) is 12.1 Å². The van der Waals surface area contributed by atoms with Crippen molar-refractivity contribution in [1.29, 1.82) is 10.5 Å². The highest BCUT2D eigenvalue weighted by molar-refractivity contribution is 5.94. The van der Waals surface area contributed by atoms with E-state index >= 15 is 0 Å². The Hall–Kier alpha value is -3.51. The molecule has 0 aliphatic carbocycles. The minimum atomic E-state index is -0.843. The molecule has 3 rings (SSSR count). The highest BCUT2D eigenvalue weighted by atomic mass is 16.7. The first kappa shape index (κ1) is 17.3. The van der Waals surface area contributed by atoms with Gasteiger partial charge in [0.25, 0.3) is 0 Å². The first-order valence-electron chi connectivity index (χ1n) is 8.12. The van der Waals surface area contributed by atoms with Crippen molar-refractivity contribution >= 4 is 11.6 Å². The summed E-state index contributed by atoms with van der Waals surface area (Å²) in [7, 11) is 0. The number of hydrogen-bond donors (Lipinski definition) is 1. The normalized spacial score (nSPS) is 14.8. The maximum absolute atomic E-state index is 12.4. The first-order chi connectivity index (χ1) is 12.4. The van der Waals surface area contributed by atoms with E-state index in [0.29, 0.717) is 22.7 Å². The van der Waals surface area contributed by atoms with Crippen LogP contribution in [0.2, 0.25) is 0 Å². The lowest BCUT2D eigenvalue weighted by molar-refractivity contribution is -0.118. The van der Waals surface area contributed by atoms with Gasteiger partial charge in [-0.1, -0.05) is 12.1 Å². The Kier molecular flexibility index (Phi) is 4.51. The summed E-state index contributed by atoms with van der Waals surface area (Å²) in [5.41, 5.74) is 1.89. The lowest BCUT2D eigenvalue weighted by Crippen LogP contribution is -2.29. The molecule has 0 bridgehead atoms. The fourth-order valence-electron chi connectivity index (χ4n) is 2.68. The van der Waals surface area contributed by atoms with Crippen molar-refractivity contribution in [1.82, 2.24) is 0 Å². The molecule has 6 nitrogen and oxygen atoms in total. The third kappa shape index (κ3) is 3.76. The number of nitrogens with one attached hydrogen (secondary N) is 1. The van der Waals surface area contributed by atoms with Gasteiger partial charge in [0.05, 0.1) is 17.7 Å². The van der Waals surface area contributed by atoms with E-state index in [-0.39, 0.29) is 6.42 Å². The molecule has 0 fully saturated rings. The summed E-state index contributed by atoms with van der Waals surface area (Å²) in [6.07, 6.45) is 0.269. The predicted molar refractivity (Wildman–Crippen MR) is 94.4 cm³/mol. The van der Waals surface area contributed by atoms with E-state index in [1.54, 1.807) is 56.3 Å². The van der Waals surface area contributed by atoms with Crippen molar-refractivity contribution in [3.05, 3.63) is 53.6 Å². The SMILES string of the molecule is CC1(C)Oc2ccc(NC(=O)[C@H](C#N)Cc3ccc(C#N)cc3)cc2O1. The van der Waals surface area contributed by atoms with E-state index < -0.39 is 17.6 Å². The van der Waals surface area contributed by atoms with Crippen molar-refractivity contribution in [2.24, 2.45) is 5.92 Å². The third-order valence-electron chi connectivity index (χ3n) is 3.92. The van der Waals surface area contributed by atoms with Crippen molar-refractivity contribution < 1.29 is 14.3 Å². The molecule has 0 aromatic heterocycles. The molecule has 1 aliphatic heterocycles. The minimum Gasteiger partial charge on any atom is -0.449 e. The monoisotopic (exact) mass is 347 g/mol. The molecular formula is C20H17N3O3. The van der Waals surface area contributed by atoms with Crippen LogP contribution in [0.25, 0.3) is 0 Å². The highest BCUT2D eigenvalue weighted by Gasteiger charge is 2.31. The second-order valence-electron chi connectivity index (χ2n) is 6.45. The summed E-state index contributed by atoms with van der Waals surface area (Å²) in [4.78, 5) is 12.4. The van der Waals surface area contributed by atoms with Gasteiger partial charge in [-0.2, -0.15) is 10.5 Å². The molecule has 0 saturated heterocycles. The lowest BCUT2D eigenvalue weighted by Gasteiger charge is -2.16. The number of benzene rings is 2. The van der Waals surface area contributed by atoms with Crippen LogP contribution in [0.4, 0.5) is 5.69 Å². The van der Waals surface area contributed by atoms with Crippen molar-refractivity contribution in [2.75, 3.05) is 5.32 Å². The van der Waals surface area contributed by atoms with Crippen LogP contribution in [-0.2, 0) is 11.2 Å². The number of ether oxygens (including phenoxy) is 2. The van der Waals surface area contributed by atoms with Crippen LogP contribution in [0.15, 0.2) is 42.5 Å². The Morgan fingerprint density at radius 1 is 1.12 bits per heavy atom. The maximum atomic E-state index is 12.4. The molecule has 0 spiro atoms. The fraction of sp³-hybridized carbons (Fsp3) is 0.250. The highest BCUT2D eigenvalue weighted by Crippen LogP contribution is 2.40. The topological polar surface area (TPSA) is 95.1 Å². The molecule has 1 atom stereocenters. The molecule has 2 aromatic rings. The summed E-state index contributed by atoms with van der Waals surface area (Å²) in [6, 6.07) is 16.0. The van der Waals surface area contributed by atoms with Crippen molar-refractivity contribution in [3.8, 4) is 23.6 Å². The summed E-state index contributed by atoms with van der Waals surface area (Å²) < 4.78 is 11.3. The van der Waals surface area contributed by atoms with Crippen molar-refractivity contribution in [3.63, 3.8) is 0 Å². The smallest absolute Gasteiger partial charge is 0.246 e. The Morgan fingerprint density at radius 2 is 1.81 bits per heavy atom. The fourth-order valence-corrected chi connectivity index (χ4v) is 2.68. The van der Waals surface area contributed by atoms with Crippen LogP contribution in [0.1, 0.15) is 25.0 Å². The molecule has 1 amide bonds. The number of hydrogen-bond acceptors (Lipinski definition) is 5. The maximum Gasteiger partial charge on any atom is 0.246 e. The summed E-state index contributed by atoms with van der Waals surface area (Å²) in [5, 5.41) is 20.9. The lowest BCUT2D eigenvalue weighted by atomic mass is 9.99.